The summed E-state index contributed by atoms with van der Waals surface area (Å²) < 4.78 is 11.6. The number of benzene rings is 1. The van der Waals surface area contributed by atoms with Gasteiger partial charge >= 0.3 is 0 Å². The van der Waals surface area contributed by atoms with Crippen molar-refractivity contribution >= 4 is 17.3 Å². The largest absolute Gasteiger partial charge is 0.488 e. The Morgan fingerprint density at radius 2 is 2.25 bits per heavy atom. The Balaban J connectivity index is 1.64. The normalized spacial score (nSPS) is 18.1. The topological polar surface area (TPSA) is 54.9 Å². The van der Waals surface area contributed by atoms with Gasteiger partial charge in [0.2, 0.25) is 0 Å². The Kier molecular flexibility index (Phi) is 7.74. The van der Waals surface area contributed by atoms with E-state index in [9.17, 15) is 0 Å². The van der Waals surface area contributed by atoms with Crippen LogP contribution in [-0.2, 0) is 11.3 Å². The summed E-state index contributed by atoms with van der Waals surface area (Å²) >= 11 is 1.74. The second-order valence-electron chi connectivity index (χ2n) is 7.25. The predicted octanol–water partition coefficient (Wildman–Crippen LogP) is 4.08. The molecule has 5 nitrogen and oxygen atoms in total. The van der Waals surface area contributed by atoms with E-state index in [0.29, 0.717) is 19.1 Å². The molecule has 1 aliphatic rings. The average molecular weight is 402 g/mol. The Morgan fingerprint density at radius 1 is 1.36 bits per heavy atom. The van der Waals surface area contributed by atoms with Gasteiger partial charge < -0.3 is 20.1 Å². The molecule has 3 rings (SSSR count). The van der Waals surface area contributed by atoms with Crippen LogP contribution in [0.15, 0.2) is 40.0 Å². The zero-order valence-corrected chi connectivity index (χ0v) is 17.8. The van der Waals surface area contributed by atoms with Gasteiger partial charge in [0.1, 0.15) is 11.9 Å². The maximum Gasteiger partial charge on any atom is 0.191 e. The molecule has 6 heteroatoms. The van der Waals surface area contributed by atoms with Gasteiger partial charge in [-0.1, -0.05) is 19.1 Å². The van der Waals surface area contributed by atoms with E-state index in [2.05, 4.69) is 66.4 Å². The van der Waals surface area contributed by atoms with Crippen molar-refractivity contribution in [3.05, 3.63) is 51.7 Å². The standard InChI is InChI=1S/C22H31N3O2S/c1-4-23-22(24-12-17(3)19-8-10-28-15-19)25-13-18-6-5-16(2)11-21(18)27-20-7-9-26-14-20/h5-6,8,10-11,15,17,20H,4,7,9,12-14H2,1-3H3,(H2,23,24,25). The summed E-state index contributed by atoms with van der Waals surface area (Å²) in [5.41, 5.74) is 3.65. The lowest BCUT2D eigenvalue weighted by molar-refractivity contribution is 0.140. The lowest BCUT2D eigenvalue weighted by Crippen LogP contribution is -2.39. The molecule has 1 aromatic heterocycles. The summed E-state index contributed by atoms with van der Waals surface area (Å²) in [5.74, 6) is 2.19. The summed E-state index contributed by atoms with van der Waals surface area (Å²) in [7, 11) is 0. The molecule has 2 atom stereocenters. The molecule has 0 radical (unpaired) electrons. The van der Waals surface area contributed by atoms with Crippen LogP contribution in [-0.4, -0.2) is 38.4 Å². The van der Waals surface area contributed by atoms with E-state index in [1.807, 2.05) is 0 Å². The van der Waals surface area contributed by atoms with E-state index in [1.165, 1.54) is 11.1 Å². The number of ether oxygens (including phenoxy) is 2. The van der Waals surface area contributed by atoms with Gasteiger partial charge in [0.05, 0.1) is 19.8 Å². The number of rotatable bonds is 8. The minimum atomic E-state index is 0.141. The quantitative estimate of drug-likeness (QED) is 0.517. The smallest absolute Gasteiger partial charge is 0.191 e. The molecule has 28 heavy (non-hydrogen) atoms. The van der Waals surface area contributed by atoms with Crippen LogP contribution in [0.1, 0.15) is 42.9 Å². The Bertz CT molecular complexity index is 755. The van der Waals surface area contributed by atoms with Gasteiger partial charge in [-0.05, 0) is 53.8 Å². The maximum atomic E-state index is 6.19. The molecule has 1 saturated heterocycles. The van der Waals surface area contributed by atoms with E-state index in [-0.39, 0.29) is 6.10 Å². The monoisotopic (exact) mass is 401 g/mol. The lowest BCUT2D eigenvalue weighted by atomic mass is 10.1. The minimum absolute atomic E-state index is 0.141. The second-order valence-corrected chi connectivity index (χ2v) is 8.03. The van der Waals surface area contributed by atoms with E-state index in [4.69, 9.17) is 14.5 Å². The maximum absolute atomic E-state index is 6.19. The van der Waals surface area contributed by atoms with Crippen molar-refractivity contribution in [2.75, 3.05) is 26.3 Å². The van der Waals surface area contributed by atoms with Crippen molar-refractivity contribution in [3.8, 4) is 5.75 Å². The van der Waals surface area contributed by atoms with Crippen molar-refractivity contribution in [2.24, 2.45) is 4.99 Å². The minimum Gasteiger partial charge on any atom is -0.488 e. The lowest BCUT2D eigenvalue weighted by Gasteiger charge is -2.17. The molecule has 1 aliphatic heterocycles. The van der Waals surface area contributed by atoms with E-state index >= 15 is 0 Å². The molecule has 0 aliphatic carbocycles. The first-order chi connectivity index (χ1) is 13.7. The van der Waals surface area contributed by atoms with Crippen molar-refractivity contribution in [3.63, 3.8) is 0 Å². The Labute approximate surface area is 172 Å². The van der Waals surface area contributed by atoms with Crippen LogP contribution >= 0.6 is 11.3 Å². The van der Waals surface area contributed by atoms with Crippen LogP contribution in [0, 0.1) is 6.92 Å². The molecule has 2 heterocycles. The molecule has 1 aromatic carbocycles. The number of guanidine groups is 1. The van der Waals surface area contributed by atoms with E-state index in [0.717, 1.165) is 43.4 Å². The third-order valence-corrected chi connectivity index (χ3v) is 5.55. The highest BCUT2D eigenvalue weighted by Gasteiger charge is 2.18. The first-order valence-corrected chi connectivity index (χ1v) is 11.0. The number of thiophene rings is 1. The van der Waals surface area contributed by atoms with E-state index in [1.54, 1.807) is 11.3 Å². The zero-order chi connectivity index (χ0) is 19.8. The molecule has 152 valence electrons. The molecule has 0 bridgehead atoms. The zero-order valence-electron chi connectivity index (χ0n) is 17.0. The molecular formula is C22H31N3O2S. The fourth-order valence-corrected chi connectivity index (χ4v) is 3.90. The fraction of sp³-hybridized carbons (Fsp3) is 0.500. The number of nitrogens with one attached hydrogen (secondary N) is 2. The fourth-order valence-electron chi connectivity index (χ4n) is 3.12. The van der Waals surface area contributed by atoms with Gasteiger partial charge in [0, 0.05) is 25.1 Å². The van der Waals surface area contributed by atoms with Gasteiger partial charge in [0.15, 0.2) is 5.96 Å². The van der Waals surface area contributed by atoms with Crippen molar-refractivity contribution in [1.82, 2.24) is 10.6 Å². The van der Waals surface area contributed by atoms with Crippen molar-refractivity contribution in [2.45, 2.75) is 45.8 Å². The molecular weight excluding hydrogens is 370 g/mol. The number of nitrogens with zero attached hydrogens (tertiary/aromatic N) is 1. The first-order valence-electron chi connectivity index (χ1n) is 10.0. The first kappa shape index (κ1) is 20.7. The molecule has 1 fully saturated rings. The summed E-state index contributed by atoms with van der Waals surface area (Å²) in [4.78, 5) is 4.79. The molecule has 2 N–H and O–H groups in total. The van der Waals surface area contributed by atoms with E-state index < -0.39 is 0 Å². The van der Waals surface area contributed by atoms with Gasteiger partial charge in [-0.3, -0.25) is 0 Å². The number of hydrogen-bond donors (Lipinski definition) is 2. The van der Waals surface area contributed by atoms with Crippen molar-refractivity contribution < 1.29 is 9.47 Å². The Hall–Kier alpha value is -2.05. The highest BCUT2D eigenvalue weighted by Crippen LogP contribution is 2.24. The summed E-state index contributed by atoms with van der Waals surface area (Å²) in [6.45, 7) is 10.1. The van der Waals surface area contributed by atoms with Gasteiger partial charge in [0.25, 0.3) is 0 Å². The van der Waals surface area contributed by atoms with Gasteiger partial charge in [-0.15, -0.1) is 0 Å². The highest BCUT2D eigenvalue weighted by atomic mass is 32.1. The second kappa shape index (κ2) is 10.5. The molecule has 2 unspecified atom stereocenters. The molecule has 0 saturated carbocycles. The van der Waals surface area contributed by atoms with Crippen molar-refractivity contribution in [1.29, 1.82) is 0 Å². The third kappa shape index (κ3) is 5.97. The number of hydrogen-bond acceptors (Lipinski definition) is 4. The van der Waals surface area contributed by atoms with Crippen LogP contribution in [0.4, 0.5) is 0 Å². The van der Waals surface area contributed by atoms with Gasteiger partial charge in [-0.25, -0.2) is 4.99 Å². The van der Waals surface area contributed by atoms with Gasteiger partial charge in [-0.2, -0.15) is 11.3 Å². The molecule has 0 spiro atoms. The van der Waals surface area contributed by atoms with Crippen LogP contribution in [0.25, 0.3) is 0 Å². The highest BCUT2D eigenvalue weighted by molar-refractivity contribution is 7.07. The summed E-state index contributed by atoms with van der Waals surface area (Å²) in [6, 6.07) is 8.51. The van der Waals surface area contributed by atoms with Crippen LogP contribution < -0.4 is 15.4 Å². The van der Waals surface area contributed by atoms with Crippen LogP contribution in [0.2, 0.25) is 0 Å². The summed E-state index contributed by atoms with van der Waals surface area (Å²) in [5, 5.41) is 11.1. The SMILES string of the molecule is CCNC(=NCc1ccc(C)cc1OC1CCOC1)NCC(C)c1ccsc1. The third-order valence-electron chi connectivity index (χ3n) is 4.84. The number of aliphatic imine (C=N–C) groups is 1. The molecule has 0 amide bonds. The summed E-state index contributed by atoms with van der Waals surface area (Å²) in [6.07, 6.45) is 1.09. The Morgan fingerprint density at radius 3 is 2.96 bits per heavy atom. The predicted molar refractivity (Wildman–Crippen MR) is 117 cm³/mol. The molecule has 2 aromatic rings. The number of aryl methyl sites for hydroxylation is 1. The van der Waals surface area contributed by atoms with Crippen LogP contribution in [0.5, 0.6) is 5.75 Å². The average Bonchev–Trinajstić information content (AvgIpc) is 3.39. The van der Waals surface area contributed by atoms with Crippen LogP contribution in [0.3, 0.4) is 0 Å².